The van der Waals surface area contributed by atoms with Gasteiger partial charge in [0.2, 0.25) is 0 Å². The molecule has 0 rings (SSSR count). The summed E-state index contributed by atoms with van der Waals surface area (Å²) in [4.78, 5) is 6.76. The van der Waals surface area contributed by atoms with Crippen molar-refractivity contribution in [3.8, 4) is 0 Å². The molecule has 0 saturated heterocycles. The van der Waals surface area contributed by atoms with Crippen molar-refractivity contribution in [3.63, 3.8) is 0 Å². The lowest BCUT2D eigenvalue weighted by atomic mass is 10.2. The van der Waals surface area contributed by atoms with Crippen LogP contribution >= 0.6 is 0 Å². The first kappa shape index (κ1) is 16.1. The molecular formula is C14H27N3. The number of aliphatic imine (C=N–C) groups is 1. The van der Waals surface area contributed by atoms with Crippen molar-refractivity contribution >= 4 is 6.21 Å². The van der Waals surface area contributed by atoms with Crippen molar-refractivity contribution < 1.29 is 0 Å². The van der Waals surface area contributed by atoms with E-state index in [-0.39, 0.29) is 6.04 Å². The highest BCUT2D eigenvalue weighted by atomic mass is 15.1. The van der Waals surface area contributed by atoms with Gasteiger partial charge in [-0.05, 0) is 32.4 Å². The highest BCUT2D eigenvalue weighted by Crippen LogP contribution is 2.03. The van der Waals surface area contributed by atoms with Gasteiger partial charge in [0, 0.05) is 25.3 Å². The van der Waals surface area contributed by atoms with Gasteiger partial charge in [0.05, 0.1) is 5.70 Å². The molecule has 2 N–H and O–H groups in total. The molecule has 0 fully saturated rings. The molecule has 0 amide bonds. The maximum Gasteiger partial charge on any atom is 0.0501 e. The summed E-state index contributed by atoms with van der Waals surface area (Å²) in [7, 11) is 0. The molecule has 0 aromatic carbocycles. The van der Waals surface area contributed by atoms with Crippen LogP contribution in [0.4, 0.5) is 0 Å². The van der Waals surface area contributed by atoms with E-state index in [0.717, 1.165) is 37.3 Å². The third-order valence-corrected chi connectivity index (χ3v) is 2.58. The van der Waals surface area contributed by atoms with Crippen molar-refractivity contribution in [2.24, 2.45) is 10.7 Å². The van der Waals surface area contributed by atoms with E-state index in [1.165, 1.54) is 0 Å². The van der Waals surface area contributed by atoms with Crippen molar-refractivity contribution in [1.82, 2.24) is 4.90 Å². The lowest BCUT2D eigenvalue weighted by Crippen LogP contribution is -2.36. The van der Waals surface area contributed by atoms with E-state index in [2.05, 4.69) is 30.3 Å². The van der Waals surface area contributed by atoms with E-state index in [0.29, 0.717) is 0 Å². The smallest absolute Gasteiger partial charge is 0.0501 e. The fraction of sp³-hybridized carbons (Fsp3) is 0.643. The van der Waals surface area contributed by atoms with E-state index in [9.17, 15) is 0 Å². The Kier molecular flexibility index (Phi) is 8.64. The SMILES string of the molecule is C=C(/C=N\C(=C/C)CN(CC)CC(C)N)CC. The molecule has 0 radical (unpaired) electrons. The highest BCUT2D eigenvalue weighted by Gasteiger charge is 2.06. The van der Waals surface area contributed by atoms with E-state index < -0.39 is 0 Å². The summed E-state index contributed by atoms with van der Waals surface area (Å²) < 4.78 is 0. The molecule has 0 aromatic heterocycles. The lowest BCUT2D eigenvalue weighted by molar-refractivity contribution is 0.296. The van der Waals surface area contributed by atoms with Gasteiger partial charge < -0.3 is 5.73 Å². The van der Waals surface area contributed by atoms with Gasteiger partial charge in [0.25, 0.3) is 0 Å². The molecule has 17 heavy (non-hydrogen) atoms. The normalized spacial score (nSPS) is 14.6. The minimum atomic E-state index is 0.197. The summed E-state index contributed by atoms with van der Waals surface area (Å²) in [5.41, 5.74) is 7.94. The van der Waals surface area contributed by atoms with E-state index in [1.54, 1.807) is 0 Å². The summed E-state index contributed by atoms with van der Waals surface area (Å²) in [5, 5.41) is 0. The summed E-state index contributed by atoms with van der Waals surface area (Å²) in [5.74, 6) is 0. The minimum Gasteiger partial charge on any atom is -0.327 e. The molecule has 0 bridgehead atoms. The first-order valence-electron chi connectivity index (χ1n) is 6.38. The summed E-state index contributed by atoms with van der Waals surface area (Å²) >= 11 is 0. The van der Waals surface area contributed by atoms with Crippen molar-refractivity contribution in [2.75, 3.05) is 19.6 Å². The second-order valence-electron chi connectivity index (χ2n) is 4.36. The van der Waals surface area contributed by atoms with Gasteiger partial charge >= 0.3 is 0 Å². The second kappa shape index (κ2) is 9.14. The number of hydrogen-bond acceptors (Lipinski definition) is 3. The number of nitrogens with two attached hydrogens (primary N) is 1. The van der Waals surface area contributed by atoms with Crippen LogP contribution in [0.2, 0.25) is 0 Å². The molecule has 0 spiro atoms. The van der Waals surface area contributed by atoms with Gasteiger partial charge in [-0.1, -0.05) is 26.5 Å². The predicted molar refractivity (Wildman–Crippen MR) is 77.4 cm³/mol. The average molecular weight is 237 g/mol. The van der Waals surface area contributed by atoms with Gasteiger partial charge in [-0.3, -0.25) is 9.89 Å². The standard InChI is InChI=1S/C14H27N3/c1-6-12(4)9-16-14(7-2)11-17(8-3)10-13(5)15/h7,9,13H,4,6,8,10-11,15H2,1-3,5H3/b14-7-,16-9-. The third-order valence-electron chi connectivity index (χ3n) is 2.58. The van der Waals surface area contributed by atoms with E-state index >= 15 is 0 Å². The lowest BCUT2D eigenvalue weighted by Gasteiger charge is -2.22. The number of likely N-dealkylation sites (N-methyl/N-ethyl adjacent to an activating group) is 1. The van der Waals surface area contributed by atoms with Crippen LogP contribution < -0.4 is 5.73 Å². The van der Waals surface area contributed by atoms with Crippen LogP contribution in [0.25, 0.3) is 0 Å². The largest absolute Gasteiger partial charge is 0.327 e. The fourth-order valence-corrected chi connectivity index (χ4v) is 1.41. The maximum absolute atomic E-state index is 5.82. The van der Waals surface area contributed by atoms with Gasteiger partial charge in [0.15, 0.2) is 0 Å². The Bertz CT molecular complexity index is 277. The van der Waals surface area contributed by atoms with Gasteiger partial charge in [-0.2, -0.15) is 0 Å². The summed E-state index contributed by atoms with van der Waals surface area (Å²) in [6.45, 7) is 14.9. The molecule has 0 aliphatic rings. The van der Waals surface area contributed by atoms with Gasteiger partial charge in [-0.25, -0.2) is 0 Å². The second-order valence-corrected chi connectivity index (χ2v) is 4.36. The number of allylic oxidation sites excluding steroid dienone is 2. The van der Waals surface area contributed by atoms with Gasteiger partial charge in [-0.15, -0.1) is 0 Å². The Morgan fingerprint density at radius 2 is 2.12 bits per heavy atom. The molecule has 3 nitrogen and oxygen atoms in total. The van der Waals surface area contributed by atoms with Crippen LogP contribution in [0, 0.1) is 0 Å². The molecule has 1 unspecified atom stereocenters. The topological polar surface area (TPSA) is 41.6 Å². The summed E-state index contributed by atoms with van der Waals surface area (Å²) in [6, 6.07) is 0.197. The Morgan fingerprint density at radius 3 is 2.53 bits per heavy atom. The molecule has 1 atom stereocenters. The van der Waals surface area contributed by atoms with E-state index in [1.807, 2.05) is 26.1 Å². The van der Waals surface area contributed by atoms with E-state index in [4.69, 9.17) is 5.73 Å². The van der Waals surface area contributed by atoms with Crippen molar-refractivity contribution in [1.29, 1.82) is 0 Å². The molecule has 0 aliphatic carbocycles. The monoisotopic (exact) mass is 237 g/mol. The molecule has 98 valence electrons. The van der Waals surface area contributed by atoms with Crippen LogP contribution in [0.15, 0.2) is 28.9 Å². The molecule has 0 heterocycles. The molecular weight excluding hydrogens is 210 g/mol. The Labute approximate surface area is 106 Å². The van der Waals surface area contributed by atoms with Crippen LogP contribution in [0.3, 0.4) is 0 Å². The van der Waals surface area contributed by atoms with Crippen molar-refractivity contribution in [3.05, 3.63) is 23.9 Å². The van der Waals surface area contributed by atoms with Crippen molar-refractivity contribution in [2.45, 2.75) is 40.2 Å². The minimum absolute atomic E-state index is 0.197. The summed E-state index contributed by atoms with van der Waals surface area (Å²) in [6.07, 6.45) is 4.84. The maximum atomic E-state index is 5.82. The third kappa shape index (κ3) is 7.88. The number of rotatable bonds is 8. The Balaban J connectivity index is 4.38. The number of nitrogens with zero attached hydrogens (tertiary/aromatic N) is 2. The molecule has 0 saturated carbocycles. The Hall–Kier alpha value is -0.930. The van der Waals surface area contributed by atoms with Crippen LogP contribution in [0.1, 0.15) is 34.1 Å². The molecule has 0 aliphatic heterocycles. The molecule has 0 aromatic rings. The van der Waals surface area contributed by atoms with Crippen LogP contribution in [-0.4, -0.2) is 36.8 Å². The highest BCUT2D eigenvalue weighted by molar-refractivity contribution is 5.78. The quantitative estimate of drug-likeness (QED) is 0.659. The predicted octanol–water partition coefficient (Wildman–Crippen LogP) is 2.60. The van der Waals surface area contributed by atoms with Crippen LogP contribution in [-0.2, 0) is 0 Å². The van der Waals surface area contributed by atoms with Crippen LogP contribution in [0.5, 0.6) is 0 Å². The number of hydrogen-bond donors (Lipinski definition) is 1. The molecule has 3 heteroatoms. The fourth-order valence-electron chi connectivity index (χ4n) is 1.41. The zero-order valence-electron chi connectivity index (χ0n) is 11.7. The average Bonchev–Trinajstić information content (AvgIpc) is 2.31. The first-order chi connectivity index (χ1) is 8.03. The Morgan fingerprint density at radius 1 is 1.47 bits per heavy atom. The zero-order chi connectivity index (χ0) is 13.3. The zero-order valence-corrected chi connectivity index (χ0v) is 11.7. The first-order valence-corrected chi connectivity index (χ1v) is 6.38. The van der Waals surface area contributed by atoms with Gasteiger partial charge in [0.1, 0.15) is 0 Å².